The Hall–Kier alpha value is -6.20. The second-order valence-corrected chi connectivity index (χ2v) is 22.9. The van der Waals surface area contributed by atoms with Crippen molar-refractivity contribution in [3.63, 3.8) is 0 Å². The highest BCUT2D eigenvalue weighted by atomic mass is 79.9. The van der Waals surface area contributed by atoms with Crippen LogP contribution in [0.15, 0.2) is 75.1 Å². The molecule has 0 saturated carbocycles. The summed E-state index contributed by atoms with van der Waals surface area (Å²) in [6, 6.07) is 11.8. The molecule has 0 spiro atoms. The lowest BCUT2D eigenvalue weighted by molar-refractivity contribution is -0.663. The number of nitrogens with one attached hydrogen (secondary N) is 2. The van der Waals surface area contributed by atoms with Crippen molar-refractivity contribution < 1.29 is 61.9 Å². The zero-order valence-electron chi connectivity index (χ0n) is 41.6. The Balaban J connectivity index is 1.25. The van der Waals surface area contributed by atoms with E-state index in [4.69, 9.17) is 28.5 Å². The van der Waals surface area contributed by atoms with E-state index in [2.05, 4.69) is 41.3 Å². The molecule has 20 nitrogen and oxygen atoms in total. The topological polar surface area (TPSA) is 222 Å². The normalized spacial score (nSPS) is 16.1. The Kier molecular flexibility index (Phi) is 17.1. The van der Waals surface area contributed by atoms with Gasteiger partial charge in [-0.05, 0) is 108 Å². The van der Waals surface area contributed by atoms with Crippen LogP contribution in [-0.2, 0) is 62.7 Å². The van der Waals surface area contributed by atoms with Crippen molar-refractivity contribution in [2.45, 2.75) is 117 Å². The van der Waals surface area contributed by atoms with Gasteiger partial charge in [-0.1, -0.05) is 28.6 Å². The molecule has 2 aliphatic heterocycles. The van der Waals surface area contributed by atoms with Gasteiger partial charge in [-0.25, -0.2) is 24.2 Å². The van der Waals surface area contributed by atoms with Crippen LogP contribution in [0, 0.1) is 0 Å². The molecule has 4 amide bonds. The van der Waals surface area contributed by atoms with E-state index < -0.39 is 76.5 Å². The van der Waals surface area contributed by atoms with Gasteiger partial charge in [0.05, 0.1) is 7.11 Å². The number of anilines is 1. The number of methoxy groups -OCH3 is 1. The summed E-state index contributed by atoms with van der Waals surface area (Å²) < 4.78 is 31.7. The number of fused-ring (bicyclic) bond motifs is 2. The number of amides is 4. The molecule has 1 fully saturated rings. The first kappa shape index (κ1) is 54.1. The number of hydrogen-bond donors (Lipinski definition) is 2. The van der Waals surface area contributed by atoms with E-state index in [1.807, 2.05) is 55.9 Å². The van der Waals surface area contributed by atoms with Crippen LogP contribution in [0.4, 0.5) is 14.7 Å². The van der Waals surface area contributed by atoms with Crippen molar-refractivity contribution in [3.8, 4) is 5.75 Å². The molecule has 71 heavy (non-hydrogen) atoms. The Labute approximate surface area is 428 Å². The molecule has 1 saturated heterocycles. The van der Waals surface area contributed by atoms with Crippen LogP contribution < -0.4 is 19.9 Å². The fourth-order valence-electron chi connectivity index (χ4n) is 7.21. The summed E-state index contributed by atoms with van der Waals surface area (Å²) in [5.74, 6) is -2.06. The van der Waals surface area contributed by atoms with Crippen molar-refractivity contribution in [1.82, 2.24) is 24.7 Å². The maximum Gasteiger partial charge on any atom is 0.413 e. The molecule has 2 N–H and O–H groups in total. The minimum Gasteiger partial charge on any atom is -0.497 e. The highest BCUT2D eigenvalue weighted by Crippen LogP contribution is 2.41. The number of rotatable bonds is 17. The molecule has 6 rings (SSSR count). The number of pyridine rings is 1. The van der Waals surface area contributed by atoms with Crippen LogP contribution in [0.5, 0.6) is 5.75 Å². The molecule has 0 aliphatic carbocycles. The number of thioether (sulfide) groups is 1. The molecule has 382 valence electrons. The predicted octanol–water partition coefficient (Wildman–Crippen LogP) is 6.92. The number of esters is 2. The van der Waals surface area contributed by atoms with Crippen LogP contribution in [0.25, 0.3) is 11.0 Å². The SMILES string of the molecule is COc1ccc(COC(=O)C2=C(C[n+]3cccc4c3ccn4CCCN(C)C(=O)OC(C)(C)C)CSC3C(NC(=O)/C(=N\OCC(=O)OC(C)(C)C)c4nc(NC(=O)OC(C)(C)C)sc4Br)C(=O)N23)cc1. The van der Waals surface area contributed by atoms with Crippen LogP contribution in [-0.4, -0.2) is 122 Å². The van der Waals surface area contributed by atoms with Crippen LogP contribution in [0.1, 0.15) is 80.0 Å². The van der Waals surface area contributed by atoms with Gasteiger partial charge in [0.1, 0.15) is 61.3 Å². The first-order valence-electron chi connectivity index (χ1n) is 22.6. The number of ether oxygens (including phenoxy) is 5. The van der Waals surface area contributed by atoms with E-state index in [1.165, 1.54) is 16.7 Å². The lowest BCUT2D eigenvalue weighted by atomic mass is 10.0. The third-order valence-corrected chi connectivity index (χ3v) is 13.2. The van der Waals surface area contributed by atoms with Crippen molar-refractivity contribution in [1.29, 1.82) is 0 Å². The lowest BCUT2D eigenvalue weighted by Gasteiger charge is -2.49. The molecular weight excluding hydrogens is 1020 g/mol. The van der Waals surface area contributed by atoms with Gasteiger partial charge < -0.3 is 43.3 Å². The molecular formula is C48H60BrN8O12S2+. The molecule has 2 atom stereocenters. The first-order valence-corrected chi connectivity index (χ1v) is 25.2. The number of carbonyl (C=O) groups is 6. The van der Waals surface area contributed by atoms with Gasteiger partial charge >= 0.3 is 24.1 Å². The molecule has 0 bridgehead atoms. The van der Waals surface area contributed by atoms with Gasteiger partial charge in [-0.15, -0.1) is 11.8 Å². The molecule has 23 heteroatoms. The summed E-state index contributed by atoms with van der Waals surface area (Å²) in [5, 5.41) is 8.55. The van der Waals surface area contributed by atoms with Crippen molar-refractivity contribution in [2.75, 3.05) is 38.4 Å². The smallest absolute Gasteiger partial charge is 0.413 e. The largest absolute Gasteiger partial charge is 0.497 e. The van der Waals surface area contributed by atoms with E-state index in [-0.39, 0.29) is 39.2 Å². The fraction of sp³-hybridized carbons (Fsp3) is 0.479. The summed E-state index contributed by atoms with van der Waals surface area (Å²) in [6.45, 7) is 16.2. The van der Waals surface area contributed by atoms with Gasteiger partial charge in [0, 0.05) is 49.8 Å². The maximum absolute atomic E-state index is 14.3. The van der Waals surface area contributed by atoms with E-state index in [9.17, 15) is 28.8 Å². The molecule has 5 heterocycles. The van der Waals surface area contributed by atoms with E-state index in [0.717, 1.165) is 22.4 Å². The number of aryl methyl sites for hydroxylation is 1. The number of nitrogens with zero attached hydrogens (tertiary/aromatic N) is 6. The Morgan fingerprint density at radius 3 is 2.31 bits per heavy atom. The molecule has 2 unspecified atom stereocenters. The van der Waals surface area contributed by atoms with Crippen LogP contribution in [0.3, 0.4) is 0 Å². The highest BCUT2D eigenvalue weighted by molar-refractivity contribution is 9.11. The van der Waals surface area contributed by atoms with Crippen molar-refractivity contribution in [3.05, 3.63) is 81.2 Å². The average Bonchev–Trinajstić information content (AvgIpc) is 3.86. The molecule has 3 aromatic heterocycles. The quantitative estimate of drug-likeness (QED) is 0.0274. The third kappa shape index (κ3) is 14.5. The summed E-state index contributed by atoms with van der Waals surface area (Å²) in [4.78, 5) is 93.2. The third-order valence-electron chi connectivity index (χ3n) is 10.2. The van der Waals surface area contributed by atoms with Crippen molar-refractivity contribution in [2.24, 2.45) is 5.16 Å². The number of carbonyl (C=O) groups excluding carboxylic acids is 6. The average molecular weight is 1090 g/mol. The monoisotopic (exact) mass is 1080 g/mol. The predicted molar refractivity (Wildman–Crippen MR) is 268 cm³/mol. The Morgan fingerprint density at radius 1 is 0.958 bits per heavy atom. The lowest BCUT2D eigenvalue weighted by Crippen LogP contribution is -2.71. The van der Waals surface area contributed by atoms with E-state index in [0.29, 0.717) is 36.4 Å². The highest BCUT2D eigenvalue weighted by Gasteiger charge is 2.55. The molecule has 4 aromatic rings. The molecule has 1 aromatic carbocycles. The van der Waals surface area contributed by atoms with Gasteiger partial charge in [0.25, 0.3) is 11.8 Å². The summed E-state index contributed by atoms with van der Waals surface area (Å²) in [5.41, 5.74) is 0.431. The summed E-state index contributed by atoms with van der Waals surface area (Å²) in [7, 11) is 3.26. The zero-order valence-corrected chi connectivity index (χ0v) is 44.8. The number of benzene rings is 1. The summed E-state index contributed by atoms with van der Waals surface area (Å²) in [6.07, 6.45) is 3.34. The first-order chi connectivity index (χ1) is 33.3. The Morgan fingerprint density at radius 2 is 1.65 bits per heavy atom. The molecule has 0 radical (unpaired) electrons. The fourth-order valence-corrected chi connectivity index (χ4v) is 9.96. The molecule has 2 aliphatic rings. The number of hydrogen-bond acceptors (Lipinski definition) is 16. The van der Waals surface area contributed by atoms with Crippen LogP contribution in [0.2, 0.25) is 0 Å². The minimum absolute atomic E-state index is 0.0474. The van der Waals surface area contributed by atoms with Gasteiger partial charge in [-0.3, -0.25) is 19.8 Å². The van der Waals surface area contributed by atoms with E-state index >= 15 is 0 Å². The number of halogens is 1. The number of oxime groups is 1. The maximum atomic E-state index is 14.3. The summed E-state index contributed by atoms with van der Waals surface area (Å²) >= 11 is 5.71. The van der Waals surface area contributed by atoms with Crippen LogP contribution >= 0.6 is 39.0 Å². The number of thiazole rings is 1. The zero-order chi connectivity index (χ0) is 52.0. The number of β-lactam (4-membered cyclic amide) rings is 1. The standard InChI is InChI=1S/C48H59BrN8O12S2/c1-46(2,3)67-33(58)26-66-53-35(34-38(49)71-43(51-34)52-44(62)68-47(4,5)6)39(59)50-36-40(60)57-37(42(61)65-25-28-15-17-30(64-11)18-16-28)29(27-70-41(36)57)24-56-21-12-14-31-32(56)19-23-55(31)22-13-20-54(10)45(63)69-48(7,8)9/h12,14-19,21,23,36,41H,13,20,22,24-27H2,1-11H3,(H-,50,51,52,59,62)/p+1/b53-35-. The number of aromatic nitrogens is 3. The van der Waals surface area contributed by atoms with Gasteiger partial charge in [-0.2, -0.15) is 4.57 Å². The second kappa shape index (κ2) is 22.5. The van der Waals surface area contributed by atoms with Crippen molar-refractivity contribution >= 4 is 96.8 Å². The Bertz CT molecular complexity index is 2720. The second-order valence-electron chi connectivity index (χ2n) is 19.5. The van der Waals surface area contributed by atoms with Gasteiger partial charge in [0.2, 0.25) is 12.1 Å². The van der Waals surface area contributed by atoms with E-state index in [1.54, 1.807) is 84.9 Å². The minimum atomic E-state index is -1.15. The van der Waals surface area contributed by atoms with Gasteiger partial charge in [0.15, 0.2) is 23.6 Å².